The Hall–Kier alpha value is -1.02. The lowest BCUT2D eigenvalue weighted by atomic mass is 9.61. The van der Waals surface area contributed by atoms with Crippen LogP contribution in [0.3, 0.4) is 0 Å². The number of aryl methyl sites for hydroxylation is 1. The van der Waals surface area contributed by atoms with Crippen LogP contribution in [0.4, 0.5) is 0 Å². The lowest BCUT2D eigenvalue weighted by Crippen LogP contribution is -2.62. The summed E-state index contributed by atoms with van der Waals surface area (Å²) in [5, 5.41) is 0. The molecule has 2 aliphatic rings. The lowest BCUT2D eigenvalue weighted by molar-refractivity contribution is -0.0620. The second kappa shape index (κ2) is 5.07. The van der Waals surface area contributed by atoms with E-state index >= 15 is 0 Å². The minimum Gasteiger partial charge on any atom is -0.490 e. The van der Waals surface area contributed by atoms with Crippen LogP contribution in [0.1, 0.15) is 63.0 Å². The van der Waals surface area contributed by atoms with Crippen molar-refractivity contribution in [2.75, 3.05) is 0 Å². The van der Waals surface area contributed by atoms with Crippen LogP contribution in [-0.4, -0.2) is 12.1 Å². The van der Waals surface area contributed by atoms with Gasteiger partial charge in [-0.3, -0.25) is 0 Å². The molecule has 0 radical (unpaired) electrons. The van der Waals surface area contributed by atoms with Gasteiger partial charge in [0.25, 0.3) is 0 Å². The van der Waals surface area contributed by atoms with Crippen molar-refractivity contribution in [3.8, 4) is 5.75 Å². The van der Waals surface area contributed by atoms with Crippen molar-refractivity contribution in [2.24, 2.45) is 11.1 Å². The Morgan fingerprint density at radius 3 is 2.50 bits per heavy atom. The maximum absolute atomic E-state index is 6.29. The molecule has 2 heteroatoms. The molecule has 0 bridgehead atoms. The summed E-state index contributed by atoms with van der Waals surface area (Å²) >= 11 is 0. The molecule has 110 valence electrons. The van der Waals surface area contributed by atoms with Crippen LogP contribution in [-0.2, 0) is 0 Å². The van der Waals surface area contributed by atoms with Gasteiger partial charge < -0.3 is 10.5 Å². The summed E-state index contributed by atoms with van der Waals surface area (Å²) in [4.78, 5) is 0. The molecular weight excluding hydrogens is 246 g/mol. The molecule has 2 N–H and O–H groups in total. The molecule has 2 aliphatic carbocycles. The molecule has 20 heavy (non-hydrogen) atoms. The zero-order valence-corrected chi connectivity index (χ0v) is 13.0. The number of benzene rings is 1. The van der Waals surface area contributed by atoms with Crippen molar-refractivity contribution in [1.82, 2.24) is 0 Å². The molecule has 1 spiro atoms. The Morgan fingerprint density at radius 2 is 1.95 bits per heavy atom. The molecular formula is C18H27NO. The van der Waals surface area contributed by atoms with Gasteiger partial charge in [0.05, 0.1) is 0 Å². The van der Waals surface area contributed by atoms with Crippen molar-refractivity contribution in [3.05, 3.63) is 29.3 Å². The zero-order chi connectivity index (χ0) is 14.3. The number of nitrogens with two attached hydrogens (primary N) is 1. The predicted molar refractivity (Wildman–Crippen MR) is 83.2 cm³/mol. The third-order valence-electron chi connectivity index (χ3n) is 5.52. The van der Waals surface area contributed by atoms with Gasteiger partial charge in [-0.05, 0) is 48.9 Å². The number of ether oxygens (including phenoxy) is 1. The molecule has 2 nitrogen and oxygen atoms in total. The molecule has 0 saturated heterocycles. The van der Waals surface area contributed by atoms with Gasteiger partial charge >= 0.3 is 0 Å². The van der Waals surface area contributed by atoms with Gasteiger partial charge in [0.1, 0.15) is 11.9 Å². The average Bonchev–Trinajstić information content (AvgIpc) is 2.90. The quantitative estimate of drug-likeness (QED) is 0.897. The van der Waals surface area contributed by atoms with E-state index < -0.39 is 0 Å². The van der Waals surface area contributed by atoms with Crippen molar-refractivity contribution >= 4 is 0 Å². The van der Waals surface area contributed by atoms with Crippen LogP contribution in [0.15, 0.2) is 18.2 Å². The topological polar surface area (TPSA) is 35.2 Å². The van der Waals surface area contributed by atoms with Gasteiger partial charge in [-0.15, -0.1) is 0 Å². The number of hydrogen-bond acceptors (Lipinski definition) is 2. The van der Waals surface area contributed by atoms with Crippen LogP contribution in [0.2, 0.25) is 0 Å². The van der Waals surface area contributed by atoms with E-state index in [0.29, 0.717) is 18.1 Å². The van der Waals surface area contributed by atoms with E-state index in [-0.39, 0.29) is 5.41 Å². The van der Waals surface area contributed by atoms with Gasteiger partial charge in [-0.2, -0.15) is 0 Å². The monoisotopic (exact) mass is 273 g/mol. The standard InChI is InChI=1S/C18H27NO/c1-12(2)15-7-6-14(10-13(15)3)20-17-11-16(19)18(17)8-4-5-9-18/h6-7,10,12,16-17H,4-5,8-9,11,19H2,1-3H3. The molecule has 0 aliphatic heterocycles. The van der Waals surface area contributed by atoms with Crippen LogP contribution in [0.5, 0.6) is 5.75 Å². The first-order valence-corrected chi connectivity index (χ1v) is 8.06. The first-order chi connectivity index (χ1) is 9.53. The number of rotatable bonds is 3. The fourth-order valence-electron chi connectivity index (χ4n) is 4.20. The smallest absolute Gasteiger partial charge is 0.120 e. The summed E-state index contributed by atoms with van der Waals surface area (Å²) in [6, 6.07) is 6.90. The Bertz CT molecular complexity index is 488. The van der Waals surface area contributed by atoms with E-state index in [2.05, 4.69) is 39.0 Å². The SMILES string of the molecule is Cc1cc(OC2CC(N)C23CCCC3)ccc1C(C)C. The molecule has 2 atom stereocenters. The van der Waals surface area contributed by atoms with E-state index in [9.17, 15) is 0 Å². The summed E-state index contributed by atoms with van der Waals surface area (Å²) in [5.41, 5.74) is 9.31. The maximum atomic E-state index is 6.29. The summed E-state index contributed by atoms with van der Waals surface area (Å²) in [5.74, 6) is 1.59. The minimum absolute atomic E-state index is 0.282. The minimum atomic E-state index is 0.282. The summed E-state index contributed by atoms with van der Waals surface area (Å²) in [6.07, 6.45) is 6.50. The molecule has 0 heterocycles. The molecule has 1 aromatic rings. The van der Waals surface area contributed by atoms with Gasteiger partial charge in [0.15, 0.2) is 0 Å². The first-order valence-electron chi connectivity index (χ1n) is 8.06. The van der Waals surface area contributed by atoms with Gasteiger partial charge in [-0.25, -0.2) is 0 Å². The molecule has 1 aromatic carbocycles. The summed E-state index contributed by atoms with van der Waals surface area (Å²) in [7, 11) is 0. The van der Waals surface area contributed by atoms with Crippen LogP contribution < -0.4 is 10.5 Å². The highest BCUT2D eigenvalue weighted by Crippen LogP contribution is 2.53. The fraction of sp³-hybridized carbons (Fsp3) is 0.667. The van der Waals surface area contributed by atoms with Crippen molar-refractivity contribution in [1.29, 1.82) is 0 Å². The van der Waals surface area contributed by atoms with Crippen molar-refractivity contribution < 1.29 is 4.74 Å². The largest absolute Gasteiger partial charge is 0.490 e. The second-order valence-electron chi connectivity index (χ2n) is 7.06. The highest BCUT2D eigenvalue weighted by Gasteiger charge is 2.56. The van der Waals surface area contributed by atoms with Gasteiger partial charge in [0.2, 0.25) is 0 Å². The van der Waals surface area contributed by atoms with Crippen LogP contribution >= 0.6 is 0 Å². The molecule has 3 rings (SSSR count). The van der Waals surface area contributed by atoms with Crippen molar-refractivity contribution in [2.45, 2.75) is 70.9 Å². The van der Waals surface area contributed by atoms with Gasteiger partial charge in [0, 0.05) is 17.9 Å². The van der Waals surface area contributed by atoms with E-state index in [4.69, 9.17) is 10.5 Å². The number of hydrogen-bond donors (Lipinski definition) is 1. The third kappa shape index (κ3) is 2.14. The van der Waals surface area contributed by atoms with Crippen molar-refractivity contribution in [3.63, 3.8) is 0 Å². The maximum Gasteiger partial charge on any atom is 0.120 e. The van der Waals surface area contributed by atoms with E-state index in [0.717, 1.165) is 12.2 Å². The summed E-state index contributed by atoms with van der Waals surface area (Å²) in [6.45, 7) is 6.66. The third-order valence-corrected chi connectivity index (χ3v) is 5.52. The first kappa shape index (κ1) is 13.9. The molecule has 2 fully saturated rings. The van der Waals surface area contributed by atoms with Gasteiger partial charge in [-0.1, -0.05) is 32.8 Å². The lowest BCUT2D eigenvalue weighted by Gasteiger charge is -2.52. The predicted octanol–water partition coefficient (Wildman–Crippen LogP) is 4.16. The fourth-order valence-corrected chi connectivity index (χ4v) is 4.20. The summed E-state index contributed by atoms with van der Waals surface area (Å²) < 4.78 is 6.29. The molecule has 2 unspecified atom stereocenters. The highest BCUT2D eigenvalue weighted by molar-refractivity contribution is 5.37. The van der Waals surface area contributed by atoms with E-state index in [1.807, 2.05) is 0 Å². The van der Waals surface area contributed by atoms with E-state index in [1.165, 1.54) is 36.8 Å². The normalized spacial score (nSPS) is 27.9. The highest BCUT2D eigenvalue weighted by atomic mass is 16.5. The van der Waals surface area contributed by atoms with Crippen LogP contribution in [0.25, 0.3) is 0 Å². The van der Waals surface area contributed by atoms with E-state index in [1.54, 1.807) is 0 Å². The second-order valence-corrected chi connectivity index (χ2v) is 7.06. The Kier molecular flexibility index (Phi) is 3.53. The molecule has 0 amide bonds. The van der Waals surface area contributed by atoms with Crippen LogP contribution in [0, 0.1) is 12.3 Å². The average molecular weight is 273 g/mol. The molecule has 2 saturated carbocycles. The molecule has 0 aromatic heterocycles. The Morgan fingerprint density at radius 1 is 1.25 bits per heavy atom. The zero-order valence-electron chi connectivity index (χ0n) is 13.0. The Balaban J connectivity index is 1.74. The Labute approximate surface area is 122 Å².